The van der Waals surface area contributed by atoms with Crippen LogP contribution in [0, 0.1) is 0 Å². The molecule has 0 aliphatic carbocycles. The minimum absolute atomic E-state index is 0.862. The van der Waals surface area contributed by atoms with E-state index in [9.17, 15) is 0 Å². The maximum absolute atomic E-state index is 6.43. The summed E-state index contributed by atoms with van der Waals surface area (Å²) >= 11 is 0. The maximum Gasteiger partial charge on any atom is 0.137 e. The van der Waals surface area contributed by atoms with Crippen molar-refractivity contribution in [2.75, 3.05) is 4.90 Å². The Kier molecular flexibility index (Phi) is 7.82. The first-order chi connectivity index (χ1) is 28.3. The van der Waals surface area contributed by atoms with Crippen molar-refractivity contribution in [3.63, 3.8) is 0 Å². The van der Waals surface area contributed by atoms with Gasteiger partial charge in [0.05, 0.1) is 22.1 Å². The van der Waals surface area contributed by atoms with E-state index in [0.717, 1.165) is 55.8 Å². The Morgan fingerprint density at radius 3 is 1.63 bits per heavy atom. The highest BCUT2D eigenvalue weighted by Gasteiger charge is 2.21. The monoisotopic (exact) mass is 728 g/mol. The lowest BCUT2D eigenvalue weighted by Gasteiger charge is -2.27. The zero-order valence-electron chi connectivity index (χ0n) is 31.1. The second-order valence-electron chi connectivity index (χ2n) is 14.5. The van der Waals surface area contributed by atoms with E-state index in [0.29, 0.717) is 0 Å². The molecule has 57 heavy (non-hydrogen) atoms. The lowest BCUT2D eigenvalue weighted by molar-refractivity contribution is 0.669. The first-order valence-corrected chi connectivity index (χ1v) is 19.4. The number of aromatic nitrogens is 1. The van der Waals surface area contributed by atoms with Crippen molar-refractivity contribution in [3.8, 4) is 39.1 Å². The van der Waals surface area contributed by atoms with Crippen molar-refractivity contribution in [2.24, 2.45) is 0 Å². The van der Waals surface area contributed by atoms with Crippen LogP contribution in [0.15, 0.2) is 223 Å². The molecule has 11 rings (SSSR count). The quantitative estimate of drug-likeness (QED) is 0.163. The molecule has 0 radical (unpaired) electrons. The number of anilines is 3. The Morgan fingerprint density at radius 2 is 0.912 bits per heavy atom. The summed E-state index contributed by atoms with van der Waals surface area (Å²) in [7, 11) is 0. The zero-order chi connectivity index (χ0) is 37.7. The van der Waals surface area contributed by atoms with Crippen molar-refractivity contribution in [3.05, 3.63) is 218 Å². The van der Waals surface area contributed by atoms with Crippen LogP contribution in [0.4, 0.5) is 17.1 Å². The third kappa shape index (κ3) is 5.60. The molecule has 268 valence electrons. The van der Waals surface area contributed by atoms with Crippen LogP contribution in [0.5, 0.6) is 0 Å². The van der Waals surface area contributed by atoms with Gasteiger partial charge in [-0.1, -0.05) is 152 Å². The second kappa shape index (κ2) is 13.6. The summed E-state index contributed by atoms with van der Waals surface area (Å²) in [5.41, 5.74) is 15.5. The summed E-state index contributed by atoms with van der Waals surface area (Å²) < 4.78 is 8.81. The van der Waals surface area contributed by atoms with Gasteiger partial charge in [0.1, 0.15) is 11.2 Å². The number of furan rings is 1. The molecule has 0 fully saturated rings. The molecule has 0 N–H and O–H groups in total. The van der Waals surface area contributed by atoms with Crippen molar-refractivity contribution >= 4 is 60.8 Å². The first-order valence-electron chi connectivity index (χ1n) is 19.4. The molecule has 3 nitrogen and oxygen atoms in total. The number of rotatable bonds is 7. The van der Waals surface area contributed by atoms with Crippen molar-refractivity contribution < 1.29 is 4.42 Å². The van der Waals surface area contributed by atoms with E-state index >= 15 is 0 Å². The topological polar surface area (TPSA) is 21.3 Å². The van der Waals surface area contributed by atoms with E-state index in [1.807, 2.05) is 12.1 Å². The van der Waals surface area contributed by atoms with Gasteiger partial charge in [0, 0.05) is 33.2 Å². The molecule has 0 atom stereocenters. The highest BCUT2D eigenvalue weighted by molar-refractivity contribution is 6.13. The van der Waals surface area contributed by atoms with Gasteiger partial charge in [-0.15, -0.1) is 0 Å². The number of para-hydroxylation sites is 3. The number of hydrogen-bond acceptors (Lipinski definition) is 2. The summed E-state index contributed by atoms with van der Waals surface area (Å²) in [6, 6.07) is 78.1. The van der Waals surface area contributed by atoms with E-state index < -0.39 is 0 Å². The Labute approximate surface area is 330 Å². The molecule has 0 aliphatic heterocycles. The van der Waals surface area contributed by atoms with E-state index in [4.69, 9.17) is 4.42 Å². The molecule has 0 saturated carbocycles. The standard InChI is InChI=1S/C54H36N2O/c1-3-15-38(16-4-1)44-34-33-43(36-48(44)39-17-5-2-6-18-39)55(51-26-14-28-53-54(51)47-23-9-12-27-52(47)57-53)41-31-29-37(30-32-41)40-19-13-20-42(35-40)56-49-24-10-7-21-45(49)46-22-8-11-25-50(46)56/h1-36H. The predicted molar refractivity (Wildman–Crippen MR) is 239 cm³/mol. The van der Waals surface area contributed by atoms with Crippen LogP contribution < -0.4 is 4.90 Å². The molecule has 2 aromatic heterocycles. The third-order valence-electron chi connectivity index (χ3n) is 11.2. The molecule has 3 heteroatoms. The Balaban J connectivity index is 1.07. The second-order valence-corrected chi connectivity index (χ2v) is 14.5. The summed E-state index contributed by atoms with van der Waals surface area (Å²) in [6.45, 7) is 0. The average Bonchev–Trinajstić information content (AvgIpc) is 3.84. The molecule has 0 saturated heterocycles. The number of hydrogen-bond donors (Lipinski definition) is 0. The van der Waals surface area contributed by atoms with Crippen molar-refractivity contribution in [1.82, 2.24) is 4.57 Å². The first kappa shape index (κ1) is 32.8. The fourth-order valence-corrected chi connectivity index (χ4v) is 8.60. The van der Waals surface area contributed by atoms with Gasteiger partial charge in [-0.2, -0.15) is 0 Å². The number of fused-ring (bicyclic) bond motifs is 6. The number of benzene rings is 9. The molecule has 0 unspecified atom stereocenters. The summed E-state index contributed by atoms with van der Waals surface area (Å²) in [6.07, 6.45) is 0. The van der Waals surface area contributed by atoms with E-state index in [1.54, 1.807) is 0 Å². The summed E-state index contributed by atoms with van der Waals surface area (Å²) in [5.74, 6) is 0. The van der Waals surface area contributed by atoms with Crippen LogP contribution in [0.25, 0.3) is 82.8 Å². The van der Waals surface area contributed by atoms with Gasteiger partial charge in [-0.3, -0.25) is 0 Å². The van der Waals surface area contributed by atoms with Crippen molar-refractivity contribution in [2.45, 2.75) is 0 Å². The van der Waals surface area contributed by atoms with Crippen LogP contribution in [0.1, 0.15) is 0 Å². The van der Waals surface area contributed by atoms with E-state index in [-0.39, 0.29) is 0 Å². The van der Waals surface area contributed by atoms with E-state index in [1.165, 1.54) is 44.1 Å². The summed E-state index contributed by atoms with van der Waals surface area (Å²) in [5, 5.41) is 4.70. The van der Waals surface area contributed by atoms with Gasteiger partial charge < -0.3 is 13.9 Å². The molecular formula is C54H36N2O. The van der Waals surface area contributed by atoms with Gasteiger partial charge in [0.2, 0.25) is 0 Å². The van der Waals surface area contributed by atoms with Crippen LogP contribution in [-0.4, -0.2) is 4.57 Å². The van der Waals surface area contributed by atoms with E-state index in [2.05, 4.69) is 216 Å². The Bertz CT molecular complexity index is 3180. The van der Waals surface area contributed by atoms with Gasteiger partial charge in [0.25, 0.3) is 0 Å². The fraction of sp³-hybridized carbons (Fsp3) is 0. The van der Waals surface area contributed by atoms with Crippen molar-refractivity contribution in [1.29, 1.82) is 0 Å². The number of nitrogens with zero attached hydrogens (tertiary/aromatic N) is 2. The minimum atomic E-state index is 0.862. The predicted octanol–water partition coefficient (Wildman–Crippen LogP) is 15.2. The molecular weight excluding hydrogens is 693 g/mol. The summed E-state index contributed by atoms with van der Waals surface area (Å²) in [4.78, 5) is 2.38. The highest BCUT2D eigenvalue weighted by atomic mass is 16.3. The minimum Gasteiger partial charge on any atom is -0.456 e. The van der Waals surface area contributed by atoms with Crippen LogP contribution in [0.2, 0.25) is 0 Å². The molecule has 9 aromatic carbocycles. The molecule has 0 bridgehead atoms. The lowest BCUT2D eigenvalue weighted by Crippen LogP contribution is -2.10. The molecule has 0 spiro atoms. The fourth-order valence-electron chi connectivity index (χ4n) is 8.60. The third-order valence-corrected chi connectivity index (χ3v) is 11.2. The smallest absolute Gasteiger partial charge is 0.137 e. The largest absolute Gasteiger partial charge is 0.456 e. The van der Waals surface area contributed by atoms with Gasteiger partial charge in [-0.05, 0) is 100 Å². The average molecular weight is 729 g/mol. The van der Waals surface area contributed by atoms with Crippen LogP contribution in [-0.2, 0) is 0 Å². The van der Waals surface area contributed by atoms with Gasteiger partial charge in [-0.25, -0.2) is 0 Å². The molecule has 2 heterocycles. The Hall–Kier alpha value is -7.62. The van der Waals surface area contributed by atoms with Gasteiger partial charge in [0.15, 0.2) is 0 Å². The molecule has 0 amide bonds. The van der Waals surface area contributed by atoms with Crippen LogP contribution in [0.3, 0.4) is 0 Å². The lowest BCUT2D eigenvalue weighted by atomic mass is 9.93. The van der Waals surface area contributed by atoms with Crippen LogP contribution >= 0.6 is 0 Å². The normalized spacial score (nSPS) is 11.5. The maximum atomic E-state index is 6.43. The molecule has 0 aliphatic rings. The highest BCUT2D eigenvalue weighted by Crippen LogP contribution is 2.45. The van der Waals surface area contributed by atoms with Gasteiger partial charge >= 0.3 is 0 Å². The molecule has 11 aromatic rings. The zero-order valence-corrected chi connectivity index (χ0v) is 31.1. The Morgan fingerprint density at radius 1 is 0.351 bits per heavy atom. The SMILES string of the molecule is c1ccc(-c2ccc(N(c3ccc(-c4cccc(-n5c6ccccc6c6ccccc65)c4)cc3)c3cccc4oc5ccccc5c34)cc2-c2ccccc2)cc1.